The molecule has 1 aliphatic heterocycles. The molecule has 1 aliphatic rings. The molecule has 0 saturated carbocycles. The zero-order valence-electron chi connectivity index (χ0n) is 21.1. The molecule has 1 fully saturated rings. The molecule has 1 aromatic heterocycles. The van der Waals surface area contributed by atoms with E-state index < -0.39 is 10.0 Å². The van der Waals surface area contributed by atoms with Gasteiger partial charge in [0.15, 0.2) is 0 Å². The second-order valence-corrected chi connectivity index (χ2v) is 11.1. The molecular weight excluding hydrogens is 478 g/mol. The third kappa shape index (κ3) is 6.28. The van der Waals surface area contributed by atoms with Crippen LogP contribution in [0.2, 0.25) is 0 Å². The predicted octanol–water partition coefficient (Wildman–Crippen LogP) is 2.66. The Morgan fingerprint density at radius 3 is 2.47 bits per heavy atom. The maximum absolute atomic E-state index is 12.6. The van der Waals surface area contributed by atoms with Crippen molar-refractivity contribution in [3.05, 3.63) is 42.0 Å². The zero-order valence-corrected chi connectivity index (χ0v) is 21.9. The number of fused-ring (bicyclic) bond motifs is 1. The lowest BCUT2D eigenvalue weighted by Crippen LogP contribution is -2.34. The van der Waals surface area contributed by atoms with Crippen LogP contribution in [0.25, 0.3) is 11.0 Å². The van der Waals surface area contributed by atoms with Crippen molar-refractivity contribution in [3.63, 3.8) is 0 Å². The molecule has 11 heteroatoms. The van der Waals surface area contributed by atoms with Gasteiger partial charge in [-0.3, -0.25) is 0 Å². The molecule has 0 atom stereocenters. The lowest BCUT2D eigenvalue weighted by atomic mass is 10.1. The Bertz CT molecular complexity index is 1280. The lowest BCUT2D eigenvalue weighted by molar-refractivity contribution is 0.299. The summed E-state index contributed by atoms with van der Waals surface area (Å²) in [4.78, 5) is 9.19. The van der Waals surface area contributed by atoms with Gasteiger partial charge in [-0.2, -0.15) is 0 Å². The number of benzene rings is 2. The second-order valence-electron chi connectivity index (χ2n) is 9.37. The van der Waals surface area contributed by atoms with E-state index in [1.165, 1.54) is 12.8 Å². The first kappa shape index (κ1) is 26.2. The topological polar surface area (TPSA) is 124 Å². The highest BCUT2D eigenvalue weighted by Crippen LogP contribution is 2.27. The Kier molecular flexibility index (Phi) is 8.35. The number of aryl methyl sites for hydroxylation is 1. The lowest BCUT2D eigenvalue weighted by Gasteiger charge is -2.29. The molecule has 0 aliphatic carbocycles. The highest BCUT2D eigenvalue weighted by atomic mass is 32.2. The number of sulfonamides is 1. The van der Waals surface area contributed by atoms with Crippen LogP contribution in [-0.2, 0) is 10.0 Å². The predicted molar refractivity (Wildman–Crippen MR) is 142 cm³/mol. The summed E-state index contributed by atoms with van der Waals surface area (Å²) in [7, 11) is -3.56. The summed E-state index contributed by atoms with van der Waals surface area (Å²) in [5.74, 6) is 0.324. The van der Waals surface area contributed by atoms with Crippen LogP contribution in [0.5, 0.6) is 0 Å². The zero-order chi connectivity index (χ0) is 25.7. The highest BCUT2D eigenvalue weighted by Gasteiger charge is 2.17. The fourth-order valence-corrected chi connectivity index (χ4v) is 5.50. The minimum Gasteiger partial charge on any atom is -0.395 e. The second kappa shape index (κ2) is 11.5. The fourth-order valence-electron chi connectivity index (χ4n) is 4.48. The Morgan fingerprint density at radius 1 is 1.08 bits per heavy atom. The summed E-state index contributed by atoms with van der Waals surface area (Å²) in [6, 6.07) is 10.6. The van der Waals surface area contributed by atoms with Crippen molar-refractivity contribution in [1.29, 1.82) is 0 Å². The molecule has 2 heterocycles. The first-order chi connectivity index (χ1) is 17.3. The summed E-state index contributed by atoms with van der Waals surface area (Å²) in [5, 5.41) is 21.1. The van der Waals surface area contributed by atoms with E-state index in [1.54, 1.807) is 24.3 Å². The van der Waals surface area contributed by atoms with Crippen LogP contribution in [0.15, 0.2) is 41.3 Å². The highest BCUT2D eigenvalue weighted by molar-refractivity contribution is 7.89. The molecule has 0 amide bonds. The number of anilines is 3. The quantitative estimate of drug-likeness (QED) is 0.355. The first-order valence-corrected chi connectivity index (χ1v) is 13.9. The molecule has 3 N–H and O–H groups in total. The number of aromatic nitrogens is 3. The molecule has 0 spiro atoms. The van der Waals surface area contributed by atoms with E-state index in [-0.39, 0.29) is 17.5 Å². The van der Waals surface area contributed by atoms with Crippen LogP contribution in [0.1, 0.15) is 32.3 Å². The van der Waals surface area contributed by atoms with Crippen LogP contribution >= 0.6 is 0 Å². The van der Waals surface area contributed by atoms with Gasteiger partial charge in [0, 0.05) is 37.1 Å². The van der Waals surface area contributed by atoms with E-state index in [2.05, 4.69) is 48.9 Å². The minimum absolute atomic E-state index is 0.0667. The van der Waals surface area contributed by atoms with E-state index in [0.29, 0.717) is 35.8 Å². The SMILES string of the molecule is Cc1cc2nc(Nc3ccc(S(=O)(=O)NCCN4CCCC4)cc3)nnc2cc1N(CCO)C(C)C. The van der Waals surface area contributed by atoms with E-state index in [4.69, 9.17) is 0 Å². The number of likely N-dealkylation sites (tertiary alicyclic amines) is 1. The number of rotatable bonds is 11. The monoisotopic (exact) mass is 513 g/mol. The van der Waals surface area contributed by atoms with Gasteiger partial charge in [-0.15, -0.1) is 10.2 Å². The maximum Gasteiger partial charge on any atom is 0.247 e. The van der Waals surface area contributed by atoms with Gasteiger partial charge in [-0.25, -0.2) is 18.1 Å². The third-order valence-electron chi connectivity index (χ3n) is 6.39. The van der Waals surface area contributed by atoms with Crippen molar-refractivity contribution in [1.82, 2.24) is 24.8 Å². The number of aliphatic hydroxyl groups is 1. The van der Waals surface area contributed by atoms with Gasteiger partial charge in [0.25, 0.3) is 0 Å². The Balaban J connectivity index is 1.44. The van der Waals surface area contributed by atoms with E-state index in [9.17, 15) is 13.5 Å². The van der Waals surface area contributed by atoms with Crippen molar-refractivity contribution in [2.75, 3.05) is 49.5 Å². The van der Waals surface area contributed by atoms with Crippen LogP contribution in [-0.4, -0.2) is 79.0 Å². The largest absolute Gasteiger partial charge is 0.395 e. The van der Waals surface area contributed by atoms with Gasteiger partial charge in [0.1, 0.15) is 5.52 Å². The van der Waals surface area contributed by atoms with Gasteiger partial charge in [0.2, 0.25) is 16.0 Å². The summed E-state index contributed by atoms with van der Waals surface area (Å²) >= 11 is 0. The normalized spacial score (nSPS) is 14.6. The maximum atomic E-state index is 12.6. The average molecular weight is 514 g/mol. The van der Waals surface area contributed by atoms with Crippen molar-refractivity contribution in [2.45, 2.75) is 44.6 Å². The molecule has 4 rings (SSSR count). The van der Waals surface area contributed by atoms with Crippen molar-refractivity contribution in [2.24, 2.45) is 0 Å². The Labute approximate surface area is 212 Å². The number of hydrogen-bond acceptors (Lipinski definition) is 9. The van der Waals surface area contributed by atoms with Crippen molar-refractivity contribution >= 4 is 38.4 Å². The molecule has 10 nitrogen and oxygen atoms in total. The molecule has 3 aromatic rings. The molecular formula is C25H35N7O3S. The molecule has 2 aromatic carbocycles. The molecule has 1 saturated heterocycles. The molecule has 0 radical (unpaired) electrons. The average Bonchev–Trinajstić information content (AvgIpc) is 3.36. The molecule has 0 unspecified atom stereocenters. The standard InChI is InChI=1S/C25H35N7O3S/c1-18(2)32(14-15-33)24-17-23-22(16-19(24)3)28-25(30-29-23)27-20-6-8-21(9-7-20)36(34,35)26-10-13-31-11-4-5-12-31/h6-9,16-18,26,33H,4-5,10-15H2,1-3H3,(H,27,28,30). The van der Waals surface area contributed by atoms with Crippen LogP contribution in [0, 0.1) is 6.92 Å². The summed E-state index contributed by atoms with van der Waals surface area (Å²) < 4.78 is 27.9. The first-order valence-electron chi connectivity index (χ1n) is 12.4. The Morgan fingerprint density at radius 2 is 1.81 bits per heavy atom. The van der Waals surface area contributed by atoms with E-state index >= 15 is 0 Å². The van der Waals surface area contributed by atoms with Gasteiger partial charge in [-0.05, 0) is 88.7 Å². The van der Waals surface area contributed by atoms with Gasteiger partial charge in [-0.1, -0.05) is 0 Å². The fraction of sp³-hybridized carbons (Fsp3) is 0.480. The van der Waals surface area contributed by atoms with Crippen LogP contribution in [0.3, 0.4) is 0 Å². The number of nitrogens with one attached hydrogen (secondary N) is 2. The summed E-state index contributed by atoms with van der Waals surface area (Å²) in [5.41, 5.74) is 4.04. The molecule has 36 heavy (non-hydrogen) atoms. The number of aliphatic hydroxyl groups excluding tert-OH is 1. The third-order valence-corrected chi connectivity index (χ3v) is 7.86. The van der Waals surface area contributed by atoms with Gasteiger partial charge >= 0.3 is 0 Å². The van der Waals surface area contributed by atoms with E-state index in [1.807, 2.05) is 19.1 Å². The smallest absolute Gasteiger partial charge is 0.247 e. The minimum atomic E-state index is -3.56. The van der Waals surface area contributed by atoms with Crippen LogP contribution in [0.4, 0.5) is 17.3 Å². The van der Waals surface area contributed by atoms with Gasteiger partial charge in [0.05, 0.1) is 17.0 Å². The Hall–Kier alpha value is -2.86. The number of nitrogens with zero attached hydrogens (tertiary/aromatic N) is 5. The number of hydrogen-bond donors (Lipinski definition) is 3. The summed E-state index contributed by atoms with van der Waals surface area (Å²) in [6.07, 6.45) is 2.36. The molecule has 0 bridgehead atoms. The molecule has 194 valence electrons. The van der Waals surface area contributed by atoms with Crippen molar-refractivity contribution < 1.29 is 13.5 Å². The van der Waals surface area contributed by atoms with E-state index in [0.717, 1.165) is 30.9 Å². The van der Waals surface area contributed by atoms with Crippen LogP contribution < -0.4 is 14.9 Å². The van der Waals surface area contributed by atoms with Crippen molar-refractivity contribution in [3.8, 4) is 0 Å². The van der Waals surface area contributed by atoms with Gasteiger partial charge < -0.3 is 20.2 Å². The summed E-state index contributed by atoms with van der Waals surface area (Å²) in [6.45, 7) is 9.96.